The quantitative estimate of drug-likeness (QED) is 0.925. The Kier molecular flexibility index (Phi) is 3.98. The highest BCUT2D eigenvalue weighted by atomic mass is 16.4. The van der Waals surface area contributed by atoms with Crippen LogP contribution in [0.3, 0.4) is 0 Å². The van der Waals surface area contributed by atoms with E-state index in [9.17, 15) is 9.90 Å². The number of aromatic nitrogens is 2. The Morgan fingerprint density at radius 3 is 2.75 bits per heavy atom. The van der Waals surface area contributed by atoms with Crippen molar-refractivity contribution >= 4 is 11.8 Å². The van der Waals surface area contributed by atoms with Crippen LogP contribution in [0.2, 0.25) is 0 Å². The maximum Gasteiger partial charge on any atom is 0.341 e. The van der Waals surface area contributed by atoms with Crippen molar-refractivity contribution in [3.8, 4) is 11.4 Å². The van der Waals surface area contributed by atoms with E-state index in [0.717, 1.165) is 11.1 Å². The number of nitrogens with zero attached hydrogens (tertiary/aromatic N) is 3. The fourth-order valence-corrected chi connectivity index (χ4v) is 1.89. The number of aromatic carboxylic acids is 1. The lowest BCUT2D eigenvalue weighted by Crippen LogP contribution is -2.21. The van der Waals surface area contributed by atoms with Crippen molar-refractivity contribution in [2.45, 2.75) is 13.8 Å². The van der Waals surface area contributed by atoms with Crippen molar-refractivity contribution < 1.29 is 9.90 Å². The van der Waals surface area contributed by atoms with Crippen LogP contribution < -0.4 is 4.90 Å². The molecule has 0 aliphatic heterocycles. The summed E-state index contributed by atoms with van der Waals surface area (Å²) >= 11 is 0. The second-order valence-electron chi connectivity index (χ2n) is 4.62. The largest absolute Gasteiger partial charge is 0.477 e. The van der Waals surface area contributed by atoms with Crippen LogP contribution in [0, 0.1) is 6.92 Å². The van der Waals surface area contributed by atoms with Gasteiger partial charge in [0.2, 0.25) is 0 Å². The number of carboxylic acids is 1. The Balaban J connectivity index is 2.54. The lowest BCUT2D eigenvalue weighted by atomic mass is 10.1. The molecular formula is C15H17N3O2. The summed E-state index contributed by atoms with van der Waals surface area (Å²) in [6.45, 7) is 4.61. The molecule has 5 heteroatoms. The summed E-state index contributed by atoms with van der Waals surface area (Å²) in [5.74, 6) is -0.0448. The summed E-state index contributed by atoms with van der Waals surface area (Å²) in [6.07, 6.45) is 1.37. The molecule has 0 spiro atoms. The number of carboxylic acid groups (broad SMARTS) is 1. The Morgan fingerprint density at radius 2 is 2.15 bits per heavy atom. The number of hydrogen-bond acceptors (Lipinski definition) is 4. The van der Waals surface area contributed by atoms with Gasteiger partial charge in [0.1, 0.15) is 11.4 Å². The summed E-state index contributed by atoms with van der Waals surface area (Å²) in [5.41, 5.74) is 2.11. The van der Waals surface area contributed by atoms with Gasteiger partial charge in [-0.25, -0.2) is 14.8 Å². The maximum atomic E-state index is 11.2. The number of benzene rings is 1. The SMILES string of the molecule is CCN(C)c1nc(-c2cccc(C)c2)ncc1C(=O)O. The molecule has 5 nitrogen and oxygen atoms in total. The number of hydrogen-bond donors (Lipinski definition) is 1. The molecule has 0 bridgehead atoms. The summed E-state index contributed by atoms with van der Waals surface area (Å²) in [6, 6.07) is 7.82. The Bertz CT molecular complexity index is 641. The maximum absolute atomic E-state index is 11.2. The van der Waals surface area contributed by atoms with Crippen LogP contribution in [-0.2, 0) is 0 Å². The van der Waals surface area contributed by atoms with Gasteiger partial charge < -0.3 is 10.0 Å². The monoisotopic (exact) mass is 271 g/mol. The predicted molar refractivity (Wildman–Crippen MR) is 78.1 cm³/mol. The molecule has 2 aromatic rings. The molecule has 1 heterocycles. The standard InChI is InChI=1S/C15H17N3O2/c1-4-18(3)14-12(15(19)20)9-16-13(17-14)11-7-5-6-10(2)8-11/h5-9H,4H2,1-3H3,(H,19,20). The van der Waals surface area contributed by atoms with Crippen LogP contribution in [0.4, 0.5) is 5.82 Å². The van der Waals surface area contributed by atoms with Crippen molar-refractivity contribution in [1.29, 1.82) is 0 Å². The van der Waals surface area contributed by atoms with E-state index in [4.69, 9.17) is 0 Å². The first-order valence-corrected chi connectivity index (χ1v) is 6.41. The molecule has 0 amide bonds. The first kappa shape index (κ1) is 14.0. The van der Waals surface area contributed by atoms with Crippen molar-refractivity contribution in [2.24, 2.45) is 0 Å². The highest BCUT2D eigenvalue weighted by Gasteiger charge is 2.16. The van der Waals surface area contributed by atoms with Gasteiger partial charge in [-0.05, 0) is 19.9 Å². The van der Waals surface area contributed by atoms with Crippen molar-refractivity contribution in [3.63, 3.8) is 0 Å². The molecule has 1 aromatic heterocycles. The van der Waals surface area contributed by atoms with Crippen LogP contribution in [0.25, 0.3) is 11.4 Å². The Hall–Kier alpha value is -2.43. The molecular weight excluding hydrogens is 254 g/mol. The molecule has 0 saturated heterocycles. The van der Waals surface area contributed by atoms with Gasteiger partial charge in [-0.3, -0.25) is 0 Å². The van der Waals surface area contributed by atoms with E-state index < -0.39 is 5.97 Å². The summed E-state index contributed by atoms with van der Waals surface area (Å²) < 4.78 is 0. The van der Waals surface area contributed by atoms with Crippen LogP contribution in [0.1, 0.15) is 22.8 Å². The first-order valence-electron chi connectivity index (χ1n) is 6.41. The number of anilines is 1. The van der Waals surface area contributed by atoms with Crippen molar-refractivity contribution in [1.82, 2.24) is 9.97 Å². The number of carbonyl (C=O) groups is 1. The molecule has 20 heavy (non-hydrogen) atoms. The van der Waals surface area contributed by atoms with Crippen LogP contribution in [-0.4, -0.2) is 34.6 Å². The zero-order valence-electron chi connectivity index (χ0n) is 11.8. The summed E-state index contributed by atoms with van der Waals surface area (Å²) in [4.78, 5) is 21.6. The zero-order valence-corrected chi connectivity index (χ0v) is 11.8. The van der Waals surface area contributed by atoms with Gasteiger partial charge in [0.25, 0.3) is 0 Å². The topological polar surface area (TPSA) is 66.3 Å². The predicted octanol–water partition coefficient (Wildman–Crippen LogP) is 2.61. The lowest BCUT2D eigenvalue weighted by Gasteiger charge is -2.18. The zero-order chi connectivity index (χ0) is 14.7. The molecule has 1 aromatic carbocycles. The summed E-state index contributed by atoms with van der Waals surface area (Å²) in [5, 5.41) is 9.21. The lowest BCUT2D eigenvalue weighted by molar-refractivity contribution is 0.0696. The Morgan fingerprint density at radius 1 is 1.40 bits per heavy atom. The van der Waals surface area contributed by atoms with E-state index in [1.54, 1.807) is 4.90 Å². The molecule has 104 valence electrons. The fourth-order valence-electron chi connectivity index (χ4n) is 1.89. The molecule has 0 saturated carbocycles. The molecule has 0 fully saturated rings. The number of aryl methyl sites for hydroxylation is 1. The van der Waals surface area contributed by atoms with Gasteiger partial charge in [-0.15, -0.1) is 0 Å². The average Bonchev–Trinajstić information content (AvgIpc) is 2.45. The molecule has 0 aliphatic carbocycles. The molecule has 0 unspecified atom stereocenters. The molecule has 0 aliphatic rings. The van der Waals surface area contributed by atoms with Crippen LogP contribution in [0.15, 0.2) is 30.5 Å². The third-order valence-corrected chi connectivity index (χ3v) is 3.11. The van der Waals surface area contributed by atoms with Gasteiger partial charge >= 0.3 is 5.97 Å². The average molecular weight is 271 g/mol. The smallest absolute Gasteiger partial charge is 0.341 e. The van der Waals surface area contributed by atoms with Crippen LogP contribution in [0.5, 0.6) is 0 Å². The van der Waals surface area contributed by atoms with Crippen molar-refractivity contribution in [2.75, 3.05) is 18.5 Å². The normalized spacial score (nSPS) is 10.3. The second-order valence-corrected chi connectivity index (χ2v) is 4.62. The van der Waals surface area contributed by atoms with E-state index in [1.807, 2.05) is 45.2 Å². The van der Waals surface area contributed by atoms with Gasteiger partial charge in [0, 0.05) is 25.4 Å². The van der Waals surface area contributed by atoms with Gasteiger partial charge in [-0.1, -0.05) is 23.8 Å². The molecule has 0 atom stereocenters. The Labute approximate surface area is 117 Å². The second kappa shape index (κ2) is 5.69. The van der Waals surface area contributed by atoms with Crippen LogP contribution >= 0.6 is 0 Å². The van der Waals surface area contributed by atoms with E-state index in [1.165, 1.54) is 6.20 Å². The first-order chi connectivity index (χ1) is 9.52. The van der Waals surface area contributed by atoms with E-state index >= 15 is 0 Å². The fraction of sp³-hybridized carbons (Fsp3) is 0.267. The third-order valence-electron chi connectivity index (χ3n) is 3.11. The van der Waals surface area contributed by atoms with Crippen molar-refractivity contribution in [3.05, 3.63) is 41.6 Å². The van der Waals surface area contributed by atoms with E-state index in [-0.39, 0.29) is 5.56 Å². The minimum atomic E-state index is -1.02. The highest BCUT2D eigenvalue weighted by Crippen LogP contribution is 2.22. The minimum Gasteiger partial charge on any atom is -0.477 e. The molecule has 1 N–H and O–H groups in total. The van der Waals surface area contributed by atoms with Gasteiger partial charge in [0.15, 0.2) is 5.82 Å². The van der Waals surface area contributed by atoms with Gasteiger partial charge in [0.05, 0.1) is 0 Å². The van der Waals surface area contributed by atoms with Gasteiger partial charge in [-0.2, -0.15) is 0 Å². The van der Waals surface area contributed by atoms with E-state index in [0.29, 0.717) is 18.2 Å². The number of rotatable bonds is 4. The molecule has 2 rings (SSSR count). The highest BCUT2D eigenvalue weighted by molar-refractivity contribution is 5.93. The third kappa shape index (κ3) is 2.77. The minimum absolute atomic E-state index is 0.116. The van der Waals surface area contributed by atoms with E-state index in [2.05, 4.69) is 9.97 Å². The molecule has 0 radical (unpaired) electrons. The summed E-state index contributed by atoms with van der Waals surface area (Å²) in [7, 11) is 1.81.